The molecule has 0 bridgehead atoms. The molecular weight excluding hydrogens is 258 g/mol. The molecule has 2 amide bonds. The van der Waals surface area contributed by atoms with Gasteiger partial charge in [-0.3, -0.25) is 0 Å². The number of fused-ring (bicyclic) bond motifs is 1. The van der Waals surface area contributed by atoms with Crippen LogP contribution in [0.15, 0.2) is 63.3 Å². The lowest BCUT2D eigenvalue weighted by Crippen LogP contribution is -2.56. The van der Waals surface area contributed by atoms with Crippen molar-refractivity contribution in [2.45, 2.75) is 0 Å². The lowest BCUT2D eigenvalue weighted by atomic mass is 10.1. The van der Waals surface area contributed by atoms with Crippen LogP contribution in [0.5, 0.6) is 5.75 Å². The number of methoxy groups -OCH3 is 1. The Labute approximate surface area is 115 Å². The molecule has 3 rings (SSSR count). The third-order valence-corrected chi connectivity index (χ3v) is 3.24. The fourth-order valence-corrected chi connectivity index (χ4v) is 2.30. The molecule has 0 aliphatic carbocycles. The summed E-state index contributed by atoms with van der Waals surface area (Å²) in [6.07, 6.45) is 4.50. The number of nitrogens with zero attached hydrogens (tertiary/aromatic N) is 4. The molecule has 7 nitrogen and oxygen atoms in total. The lowest BCUT2D eigenvalue weighted by Gasteiger charge is -2.30. The van der Waals surface area contributed by atoms with Gasteiger partial charge in [-0.2, -0.15) is 5.11 Å². The maximum absolute atomic E-state index is 12.2. The third kappa shape index (κ3) is 1.50. The maximum Gasteiger partial charge on any atom is 0.430 e. The van der Waals surface area contributed by atoms with Crippen LogP contribution >= 0.6 is 0 Å². The number of aliphatic imine (C=N–C) groups is 1. The van der Waals surface area contributed by atoms with Crippen LogP contribution in [-0.4, -0.2) is 19.5 Å². The molecule has 0 saturated carbocycles. The molecule has 2 aliphatic heterocycles. The van der Waals surface area contributed by atoms with Crippen LogP contribution in [0, 0.1) is 0 Å². The quantitative estimate of drug-likeness (QED) is 0.835. The van der Waals surface area contributed by atoms with Crippen LogP contribution in [0.25, 0.3) is 0 Å². The van der Waals surface area contributed by atoms with Crippen molar-refractivity contribution in [1.29, 1.82) is 0 Å². The van der Waals surface area contributed by atoms with E-state index in [1.165, 1.54) is 25.8 Å². The van der Waals surface area contributed by atoms with Crippen molar-refractivity contribution in [3.8, 4) is 5.75 Å². The van der Waals surface area contributed by atoms with E-state index in [-0.39, 0.29) is 0 Å². The number of para-hydroxylation sites is 2. The van der Waals surface area contributed by atoms with Gasteiger partial charge in [0.2, 0.25) is 12.0 Å². The van der Waals surface area contributed by atoms with E-state index in [1.54, 1.807) is 18.2 Å². The molecule has 0 radical (unpaired) electrons. The molecule has 20 heavy (non-hydrogen) atoms. The molecule has 2 N–H and O–H groups in total. The van der Waals surface area contributed by atoms with Crippen molar-refractivity contribution in [2.24, 2.45) is 21.0 Å². The lowest BCUT2D eigenvalue weighted by molar-refractivity contribution is 0.236. The number of hydrogen-bond acceptors (Lipinski definition) is 5. The number of urea groups is 1. The second-order valence-electron chi connectivity index (χ2n) is 4.24. The van der Waals surface area contributed by atoms with E-state index in [0.717, 1.165) is 0 Å². The number of hydrogen-bond donors (Lipinski definition) is 1. The highest BCUT2D eigenvalue weighted by Crippen LogP contribution is 2.41. The molecule has 0 saturated heterocycles. The number of benzene rings is 1. The van der Waals surface area contributed by atoms with Gasteiger partial charge in [-0.25, -0.2) is 9.79 Å². The number of nitrogens with two attached hydrogens (primary N) is 1. The summed E-state index contributed by atoms with van der Waals surface area (Å²) in [5.74, 6) is 0.534. The van der Waals surface area contributed by atoms with E-state index >= 15 is 0 Å². The maximum atomic E-state index is 12.2. The van der Waals surface area contributed by atoms with Crippen LogP contribution < -0.4 is 15.0 Å². The normalized spacial score (nSPS) is 23.1. The van der Waals surface area contributed by atoms with Gasteiger partial charge in [-0.15, -0.1) is 9.60 Å². The Morgan fingerprint density at radius 3 is 2.85 bits per heavy atom. The van der Waals surface area contributed by atoms with Gasteiger partial charge in [0, 0.05) is 6.07 Å². The number of quaternary nitrogens is 1. The molecule has 100 valence electrons. The first-order valence-electron chi connectivity index (χ1n) is 5.89. The monoisotopic (exact) mass is 270 g/mol. The predicted octanol–water partition coefficient (Wildman–Crippen LogP) is 2.27. The SMILES string of the molecule is COc1ccccc1[N+]1(C(N)=O)C=NC=C2N=NC=C21. The smallest absolute Gasteiger partial charge is 0.430 e. The van der Waals surface area contributed by atoms with Crippen molar-refractivity contribution in [3.05, 3.63) is 48.1 Å². The zero-order valence-electron chi connectivity index (χ0n) is 10.7. The summed E-state index contributed by atoms with van der Waals surface area (Å²) in [6, 6.07) is 6.53. The number of primary amides is 1. The summed E-state index contributed by atoms with van der Waals surface area (Å²) < 4.78 is 4.93. The van der Waals surface area contributed by atoms with Gasteiger partial charge in [0.05, 0.1) is 13.3 Å². The van der Waals surface area contributed by atoms with Gasteiger partial charge in [0.25, 0.3) is 0 Å². The average Bonchev–Trinajstić information content (AvgIpc) is 2.95. The Balaban J connectivity index is 2.28. The number of carbonyl (C=O) groups is 1. The summed E-state index contributed by atoms with van der Waals surface area (Å²) >= 11 is 0. The second kappa shape index (κ2) is 4.39. The average molecular weight is 270 g/mol. The van der Waals surface area contributed by atoms with Gasteiger partial charge in [-0.1, -0.05) is 12.1 Å². The van der Waals surface area contributed by atoms with Crippen LogP contribution in [0.4, 0.5) is 10.5 Å². The minimum absolute atomic E-state index is 0.400. The first-order chi connectivity index (χ1) is 9.70. The first-order valence-corrected chi connectivity index (χ1v) is 5.89. The Morgan fingerprint density at radius 1 is 1.30 bits per heavy atom. The Hall–Kier alpha value is -2.80. The molecule has 1 atom stereocenters. The Morgan fingerprint density at radius 2 is 2.10 bits per heavy atom. The van der Waals surface area contributed by atoms with E-state index in [4.69, 9.17) is 10.5 Å². The van der Waals surface area contributed by atoms with E-state index in [1.807, 2.05) is 6.07 Å². The van der Waals surface area contributed by atoms with Crippen LogP contribution in [-0.2, 0) is 0 Å². The summed E-state index contributed by atoms with van der Waals surface area (Å²) in [7, 11) is 1.53. The van der Waals surface area contributed by atoms with Gasteiger partial charge in [-0.05, 0) is 6.07 Å². The van der Waals surface area contributed by atoms with Crippen molar-refractivity contribution in [2.75, 3.05) is 7.11 Å². The number of rotatable bonds is 2. The van der Waals surface area contributed by atoms with E-state index in [2.05, 4.69) is 15.2 Å². The standard InChI is InChI=1S/C13H11N5O2/c1-20-12-5-3-2-4-10(12)18(13(14)19)8-15-6-9-11(18)7-16-17-9/h2-8H,1H3,(H-,14,19)/p+1. The molecule has 1 aromatic rings. The molecule has 0 fully saturated rings. The van der Waals surface area contributed by atoms with E-state index in [0.29, 0.717) is 22.8 Å². The fraction of sp³-hybridized carbons (Fsp3) is 0.0769. The molecule has 0 aromatic heterocycles. The highest BCUT2D eigenvalue weighted by Gasteiger charge is 2.48. The summed E-state index contributed by atoms with van der Waals surface area (Å²) in [5, 5.41) is 7.77. The number of azo groups is 1. The highest BCUT2D eigenvalue weighted by molar-refractivity contribution is 6.06. The Kier molecular flexibility index (Phi) is 2.69. The first kappa shape index (κ1) is 12.2. The van der Waals surface area contributed by atoms with Crippen LogP contribution in [0.1, 0.15) is 0 Å². The zero-order valence-corrected chi connectivity index (χ0v) is 10.7. The predicted molar refractivity (Wildman–Crippen MR) is 73.9 cm³/mol. The van der Waals surface area contributed by atoms with Crippen LogP contribution in [0.2, 0.25) is 0 Å². The largest absolute Gasteiger partial charge is 0.491 e. The number of amides is 2. The molecular formula is C13H12N5O2+. The van der Waals surface area contributed by atoms with Crippen molar-refractivity contribution in [1.82, 2.24) is 4.48 Å². The Bertz CT molecular complexity index is 704. The summed E-state index contributed by atoms with van der Waals surface area (Å²) in [4.78, 5) is 16.3. The van der Waals surface area contributed by atoms with Crippen molar-refractivity contribution in [3.63, 3.8) is 0 Å². The molecule has 2 aliphatic rings. The van der Waals surface area contributed by atoms with Crippen molar-refractivity contribution < 1.29 is 9.53 Å². The fourth-order valence-electron chi connectivity index (χ4n) is 2.30. The third-order valence-electron chi connectivity index (χ3n) is 3.24. The molecule has 7 heteroatoms. The molecule has 1 unspecified atom stereocenters. The van der Waals surface area contributed by atoms with Crippen LogP contribution in [0.3, 0.4) is 0 Å². The number of ether oxygens (including phenoxy) is 1. The minimum Gasteiger partial charge on any atom is -0.491 e. The van der Waals surface area contributed by atoms with Crippen molar-refractivity contribution >= 4 is 18.1 Å². The second-order valence-corrected chi connectivity index (χ2v) is 4.24. The summed E-state index contributed by atoms with van der Waals surface area (Å²) in [5.41, 5.74) is 7.28. The molecule has 1 aromatic carbocycles. The summed E-state index contributed by atoms with van der Waals surface area (Å²) in [6.45, 7) is 0. The highest BCUT2D eigenvalue weighted by atomic mass is 16.5. The number of carbonyl (C=O) groups excluding carboxylic acids is 1. The van der Waals surface area contributed by atoms with Gasteiger partial charge in [0.1, 0.15) is 6.20 Å². The van der Waals surface area contributed by atoms with Gasteiger partial charge < -0.3 is 10.5 Å². The van der Waals surface area contributed by atoms with E-state index in [9.17, 15) is 4.79 Å². The van der Waals surface area contributed by atoms with Gasteiger partial charge in [0.15, 0.2) is 17.1 Å². The zero-order chi connectivity index (χ0) is 14.2. The van der Waals surface area contributed by atoms with Gasteiger partial charge >= 0.3 is 6.03 Å². The topological polar surface area (TPSA) is 89.4 Å². The molecule has 0 spiro atoms. The molecule has 2 heterocycles. The van der Waals surface area contributed by atoms with E-state index < -0.39 is 10.5 Å². The minimum atomic E-state index is -0.609.